The Kier molecular flexibility index (Phi) is 6.53. The van der Waals surface area contributed by atoms with Crippen LogP contribution >= 0.6 is 27.3 Å². The number of nitrogens with zero attached hydrogens (tertiary/aromatic N) is 3. The lowest BCUT2D eigenvalue weighted by Gasteiger charge is -2.22. The van der Waals surface area contributed by atoms with Crippen LogP contribution in [0.4, 0.5) is 5.13 Å². The van der Waals surface area contributed by atoms with E-state index in [2.05, 4.69) is 15.9 Å². The number of aromatic nitrogens is 1. The van der Waals surface area contributed by atoms with E-state index in [4.69, 9.17) is 14.5 Å². The largest absolute Gasteiger partial charge is 0.495 e. The summed E-state index contributed by atoms with van der Waals surface area (Å²) in [5.41, 5.74) is 1.30. The van der Waals surface area contributed by atoms with Gasteiger partial charge in [0.2, 0.25) is 0 Å². The van der Waals surface area contributed by atoms with Crippen LogP contribution in [0.2, 0.25) is 0 Å². The molecule has 0 saturated carbocycles. The van der Waals surface area contributed by atoms with Crippen molar-refractivity contribution in [2.75, 3.05) is 46.3 Å². The Morgan fingerprint density at radius 1 is 1.11 bits per heavy atom. The van der Waals surface area contributed by atoms with Crippen LogP contribution in [0.5, 0.6) is 11.5 Å². The number of fused-ring (bicyclic) bond motifs is 1. The molecule has 0 aliphatic rings. The van der Waals surface area contributed by atoms with Crippen molar-refractivity contribution in [2.45, 2.75) is 0 Å². The smallest absolute Gasteiger partial charge is 0.260 e. The van der Waals surface area contributed by atoms with E-state index in [1.54, 1.807) is 19.1 Å². The molecule has 0 N–H and O–H groups in total. The molecule has 1 aromatic heterocycles. The number of benzene rings is 2. The van der Waals surface area contributed by atoms with E-state index in [1.807, 2.05) is 55.4 Å². The molecule has 2 aromatic carbocycles. The zero-order valence-electron chi connectivity index (χ0n) is 16.2. The van der Waals surface area contributed by atoms with Crippen LogP contribution in [-0.2, 0) is 0 Å². The SMILES string of the molecule is COc1ccc(OC)c2sc(N(CCN(C)C)C(=O)c3cccc(Br)c3)nc12. The molecule has 3 rings (SSSR count). The summed E-state index contributed by atoms with van der Waals surface area (Å²) < 4.78 is 12.6. The quantitative estimate of drug-likeness (QED) is 0.523. The Labute approximate surface area is 176 Å². The highest BCUT2D eigenvalue weighted by molar-refractivity contribution is 9.10. The molecule has 0 saturated heterocycles. The summed E-state index contributed by atoms with van der Waals surface area (Å²) in [5, 5.41) is 0.615. The van der Waals surface area contributed by atoms with Crippen molar-refractivity contribution in [1.82, 2.24) is 9.88 Å². The fourth-order valence-electron chi connectivity index (χ4n) is 2.75. The first-order valence-electron chi connectivity index (χ1n) is 8.68. The third-order valence-corrected chi connectivity index (χ3v) is 5.80. The first-order chi connectivity index (χ1) is 13.4. The Hall–Kier alpha value is -2.16. The molecule has 8 heteroatoms. The highest BCUT2D eigenvalue weighted by atomic mass is 79.9. The number of anilines is 1. The summed E-state index contributed by atoms with van der Waals surface area (Å²) in [6.45, 7) is 1.23. The van der Waals surface area contributed by atoms with Crippen LogP contribution in [0.15, 0.2) is 40.9 Å². The van der Waals surface area contributed by atoms with Crippen LogP contribution in [0.1, 0.15) is 10.4 Å². The second-order valence-electron chi connectivity index (χ2n) is 6.41. The molecule has 28 heavy (non-hydrogen) atoms. The lowest BCUT2D eigenvalue weighted by Crippen LogP contribution is -2.36. The Morgan fingerprint density at radius 2 is 1.82 bits per heavy atom. The van der Waals surface area contributed by atoms with Gasteiger partial charge in [0.05, 0.1) is 14.2 Å². The fraction of sp³-hybridized carbons (Fsp3) is 0.300. The predicted octanol–water partition coefficient (Wildman–Crippen LogP) is 4.28. The number of amides is 1. The van der Waals surface area contributed by atoms with Gasteiger partial charge in [0.25, 0.3) is 5.91 Å². The van der Waals surface area contributed by atoms with Crippen molar-refractivity contribution >= 4 is 48.5 Å². The Balaban J connectivity index is 2.08. The standard InChI is InChI=1S/C20H22BrN3O3S/c1-23(2)10-11-24(19(25)13-6-5-7-14(21)12-13)20-22-17-15(26-3)8-9-16(27-4)18(17)28-20/h5-9,12H,10-11H2,1-4H3. The normalized spacial score (nSPS) is 11.1. The number of hydrogen-bond donors (Lipinski definition) is 0. The van der Waals surface area contributed by atoms with Crippen molar-refractivity contribution in [3.05, 3.63) is 46.4 Å². The highest BCUT2D eigenvalue weighted by Gasteiger charge is 2.23. The highest BCUT2D eigenvalue weighted by Crippen LogP contribution is 2.40. The van der Waals surface area contributed by atoms with Gasteiger partial charge in [-0.3, -0.25) is 9.69 Å². The number of likely N-dealkylation sites (N-methyl/N-ethyl adjacent to an activating group) is 1. The molecule has 0 bridgehead atoms. The summed E-state index contributed by atoms with van der Waals surface area (Å²) in [4.78, 5) is 21.8. The van der Waals surface area contributed by atoms with E-state index in [1.165, 1.54) is 11.3 Å². The summed E-state index contributed by atoms with van der Waals surface area (Å²) in [7, 11) is 7.19. The van der Waals surface area contributed by atoms with Gasteiger partial charge in [-0.1, -0.05) is 33.3 Å². The molecule has 1 amide bonds. The third-order valence-electron chi connectivity index (χ3n) is 4.22. The average Bonchev–Trinajstić information content (AvgIpc) is 3.12. The van der Waals surface area contributed by atoms with Gasteiger partial charge >= 0.3 is 0 Å². The monoisotopic (exact) mass is 463 g/mol. The van der Waals surface area contributed by atoms with Crippen LogP contribution in [0.3, 0.4) is 0 Å². The Bertz CT molecular complexity index is 949. The molecule has 0 spiro atoms. The van der Waals surface area contributed by atoms with Gasteiger partial charge < -0.3 is 14.4 Å². The van der Waals surface area contributed by atoms with Crippen molar-refractivity contribution in [3.8, 4) is 11.5 Å². The zero-order valence-corrected chi connectivity index (χ0v) is 18.6. The minimum Gasteiger partial charge on any atom is -0.495 e. The van der Waals surface area contributed by atoms with Crippen LogP contribution in [0, 0.1) is 0 Å². The number of methoxy groups -OCH3 is 2. The molecule has 0 fully saturated rings. The number of rotatable bonds is 7. The maximum absolute atomic E-state index is 13.3. The van der Waals surface area contributed by atoms with E-state index in [0.717, 1.165) is 9.17 Å². The van der Waals surface area contributed by atoms with Gasteiger partial charge in [-0.25, -0.2) is 4.98 Å². The first-order valence-corrected chi connectivity index (χ1v) is 10.3. The topological polar surface area (TPSA) is 54.9 Å². The predicted molar refractivity (Wildman–Crippen MR) is 117 cm³/mol. The maximum atomic E-state index is 13.3. The van der Waals surface area contributed by atoms with Gasteiger partial charge in [0.1, 0.15) is 21.7 Å². The molecule has 0 atom stereocenters. The molecule has 0 aliphatic carbocycles. The second kappa shape index (κ2) is 8.89. The first kappa shape index (κ1) is 20.6. The van der Waals surface area contributed by atoms with Gasteiger partial charge in [0.15, 0.2) is 5.13 Å². The second-order valence-corrected chi connectivity index (χ2v) is 8.31. The Morgan fingerprint density at radius 3 is 2.46 bits per heavy atom. The maximum Gasteiger partial charge on any atom is 0.260 e. The average molecular weight is 464 g/mol. The zero-order chi connectivity index (χ0) is 20.3. The van der Waals surface area contributed by atoms with Gasteiger partial charge in [-0.05, 0) is 44.4 Å². The number of hydrogen-bond acceptors (Lipinski definition) is 6. The minimum absolute atomic E-state index is 0.0971. The van der Waals surface area contributed by atoms with Gasteiger partial charge in [0, 0.05) is 23.1 Å². The van der Waals surface area contributed by atoms with Crippen LogP contribution < -0.4 is 14.4 Å². The van der Waals surface area contributed by atoms with Crippen molar-refractivity contribution in [1.29, 1.82) is 0 Å². The lowest BCUT2D eigenvalue weighted by molar-refractivity contribution is 0.0985. The van der Waals surface area contributed by atoms with Crippen molar-refractivity contribution in [3.63, 3.8) is 0 Å². The number of carbonyl (C=O) groups excluding carboxylic acids is 1. The summed E-state index contributed by atoms with van der Waals surface area (Å²) in [6.07, 6.45) is 0. The molecule has 3 aromatic rings. The number of ether oxygens (including phenoxy) is 2. The van der Waals surface area contributed by atoms with E-state index in [9.17, 15) is 4.79 Å². The van der Waals surface area contributed by atoms with Gasteiger partial charge in [-0.2, -0.15) is 0 Å². The molecule has 0 unspecified atom stereocenters. The molecule has 0 aliphatic heterocycles. The fourth-order valence-corrected chi connectivity index (χ4v) is 4.25. The molecular weight excluding hydrogens is 442 g/mol. The molecule has 6 nitrogen and oxygen atoms in total. The number of carbonyl (C=O) groups is 1. The lowest BCUT2D eigenvalue weighted by atomic mass is 10.2. The van der Waals surface area contributed by atoms with E-state index in [-0.39, 0.29) is 5.91 Å². The van der Waals surface area contributed by atoms with E-state index in [0.29, 0.717) is 40.8 Å². The van der Waals surface area contributed by atoms with Crippen molar-refractivity contribution < 1.29 is 14.3 Å². The van der Waals surface area contributed by atoms with Crippen molar-refractivity contribution in [2.24, 2.45) is 0 Å². The molecule has 148 valence electrons. The van der Waals surface area contributed by atoms with Crippen LogP contribution in [0.25, 0.3) is 10.2 Å². The minimum atomic E-state index is -0.0971. The van der Waals surface area contributed by atoms with Crippen LogP contribution in [-0.4, -0.2) is 57.2 Å². The van der Waals surface area contributed by atoms with E-state index >= 15 is 0 Å². The van der Waals surface area contributed by atoms with Gasteiger partial charge in [-0.15, -0.1) is 0 Å². The summed E-state index contributed by atoms with van der Waals surface area (Å²) in [5.74, 6) is 1.27. The molecular formula is C20H22BrN3O3S. The molecule has 0 radical (unpaired) electrons. The van der Waals surface area contributed by atoms with E-state index < -0.39 is 0 Å². The molecule has 1 heterocycles. The third kappa shape index (κ3) is 4.29. The summed E-state index contributed by atoms with van der Waals surface area (Å²) in [6, 6.07) is 11.1. The number of halogens is 1. The number of thiazole rings is 1. The summed E-state index contributed by atoms with van der Waals surface area (Å²) >= 11 is 4.86.